The molecular weight excluding hydrogens is 667 g/mol. The number of aromatic hydroxyl groups is 1. The van der Waals surface area contributed by atoms with Gasteiger partial charge in [0, 0.05) is 30.0 Å². The third kappa shape index (κ3) is 9.31. The van der Waals surface area contributed by atoms with Crippen LogP contribution in [-0.4, -0.2) is 68.6 Å². The predicted octanol–water partition coefficient (Wildman–Crippen LogP) is 4.74. The van der Waals surface area contributed by atoms with E-state index < -0.39 is 0 Å². The summed E-state index contributed by atoms with van der Waals surface area (Å²) in [6.45, 7) is 3.28. The molecule has 0 aliphatic carbocycles. The van der Waals surface area contributed by atoms with Crippen LogP contribution in [0.4, 0.5) is 29.2 Å². The molecule has 1 aliphatic heterocycles. The van der Waals surface area contributed by atoms with E-state index in [4.69, 9.17) is 44.4 Å². The molecule has 256 valence electrons. The van der Waals surface area contributed by atoms with Crippen molar-refractivity contribution in [2.45, 2.75) is 25.9 Å². The van der Waals surface area contributed by atoms with E-state index in [2.05, 4.69) is 52.3 Å². The third-order valence-electron chi connectivity index (χ3n) is 7.13. The number of anilines is 5. The summed E-state index contributed by atoms with van der Waals surface area (Å²) >= 11 is 9.75. The number of benzene rings is 3. The van der Waals surface area contributed by atoms with Crippen LogP contribution in [0.25, 0.3) is 21.8 Å². The molecule has 1 atom stereocenters. The standard InChI is InChI=1S/C19H20N4O2.C13H17N7O2S2/c24-17-10-4-3-9-16(17)22-19-21-15-8-2-1-7-14(15)18(23-19)20-12-13-6-5-11-25-13;1-6(23)17-20-13-15-8-5-10(22-3)9(21-2)4-7(8)11(16-13)18-19-12(14)24/h1-4,7-10,13,24H,5-6,11-12H2,(H2,20,21,22,23);4-5H,1-3H3,(H,17,23)(H3,14,19,24)(H2,15,16,18,20). The van der Waals surface area contributed by atoms with E-state index in [-0.39, 0.29) is 17.0 Å². The third-order valence-corrected chi connectivity index (χ3v) is 7.33. The summed E-state index contributed by atoms with van der Waals surface area (Å²) < 4.78 is 16.3. The Morgan fingerprint density at radius 3 is 2.31 bits per heavy atom. The largest absolute Gasteiger partial charge is 0.506 e. The van der Waals surface area contributed by atoms with Crippen molar-refractivity contribution in [2.24, 2.45) is 5.73 Å². The first kappa shape index (κ1) is 34.8. The molecule has 0 amide bonds. The van der Waals surface area contributed by atoms with Gasteiger partial charge in [0.05, 0.1) is 42.0 Å². The number of phenols is 1. The maximum absolute atomic E-state index is 9.95. The van der Waals surface area contributed by atoms with Crippen molar-refractivity contribution >= 4 is 85.6 Å². The maximum atomic E-state index is 9.95. The van der Waals surface area contributed by atoms with Crippen molar-refractivity contribution in [1.29, 1.82) is 0 Å². The van der Waals surface area contributed by atoms with E-state index in [9.17, 15) is 5.11 Å². The Kier molecular flexibility index (Phi) is 11.7. The number of rotatable bonds is 11. The molecule has 1 unspecified atom stereocenters. The van der Waals surface area contributed by atoms with Gasteiger partial charge >= 0.3 is 0 Å². The van der Waals surface area contributed by atoms with Crippen LogP contribution in [0.2, 0.25) is 0 Å². The first-order chi connectivity index (χ1) is 23.7. The van der Waals surface area contributed by atoms with E-state index in [1.165, 1.54) is 0 Å². The van der Waals surface area contributed by atoms with Gasteiger partial charge in [0.1, 0.15) is 11.6 Å². The normalized spacial score (nSPS) is 13.5. The van der Waals surface area contributed by atoms with Crippen LogP contribution in [0.3, 0.4) is 0 Å². The molecule has 0 saturated carbocycles. The molecule has 0 bridgehead atoms. The number of hydrogen-bond donors (Lipinski definition) is 8. The Balaban J connectivity index is 0.000000191. The quantitative estimate of drug-likeness (QED) is 0.0533. The lowest BCUT2D eigenvalue weighted by Gasteiger charge is -2.15. The fourth-order valence-electron chi connectivity index (χ4n) is 4.85. The minimum atomic E-state index is 0.0737. The Morgan fingerprint density at radius 1 is 0.878 bits per heavy atom. The number of ether oxygens (including phenoxy) is 3. The van der Waals surface area contributed by atoms with Gasteiger partial charge in [-0.25, -0.2) is 9.97 Å². The lowest BCUT2D eigenvalue weighted by molar-refractivity contribution is 0.120. The molecule has 1 fully saturated rings. The average molecular weight is 704 g/mol. The van der Waals surface area contributed by atoms with E-state index in [0.29, 0.717) is 50.8 Å². The number of methoxy groups -OCH3 is 2. The van der Waals surface area contributed by atoms with Crippen LogP contribution >= 0.6 is 24.4 Å². The summed E-state index contributed by atoms with van der Waals surface area (Å²) in [7, 11) is 3.10. The Hall–Kier alpha value is -5.52. The lowest BCUT2D eigenvalue weighted by atomic mass is 10.2. The van der Waals surface area contributed by atoms with Crippen molar-refractivity contribution in [3.63, 3.8) is 0 Å². The van der Waals surface area contributed by atoms with Crippen LogP contribution in [0.15, 0.2) is 60.7 Å². The highest BCUT2D eigenvalue weighted by Crippen LogP contribution is 2.34. The summed E-state index contributed by atoms with van der Waals surface area (Å²) in [6, 6.07) is 18.4. The summed E-state index contributed by atoms with van der Waals surface area (Å²) in [5.41, 5.74) is 18.5. The zero-order valence-electron chi connectivity index (χ0n) is 27.0. The molecule has 0 radical (unpaired) electrons. The van der Waals surface area contributed by atoms with E-state index in [0.717, 1.165) is 42.7 Å². The molecule has 6 rings (SSSR count). The number of para-hydroxylation sites is 3. The van der Waals surface area contributed by atoms with Gasteiger partial charge in [-0.15, -0.1) is 0 Å². The lowest BCUT2D eigenvalue weighted by Crippen LogP contribution is -2.34. The van der Waals surface area contributed by atoms with E-state index >= 15 is 0 Å². The number of fused-ring (bicyclic) bond motifs is 2. The molecule has 1 saturated heterocycles. The molecule has 3 heterocycles. The van der Waals surface area contributed by atoms with Gasteiger partial charge in [-0.2, -0.15) is 9.97 Å². The van der Waals surface area contributed by atoms with Crippen molar-refractivity contribution < 1.29 is 19.3 Å². The molecule has 49 heavy (non-hydrogen) atoms. The number of nitrogens with one attached hydrogen (secondary N) is 6. The average Bonchev–Trinajstić information content (AvgIpc) is 3.63. The first-order valence-electron chi connectivity index (χ1n) is 15.2. The molecule has 3 aromatic carbocycles. The fourth-order valence-corrected chi connectivity index (χ4v) is 4.96. The Labute approximate surface area is 293 Å². The SMILES string of the molecule is COc1cc2nc(NNC(C)=S)nc(NNC(N)=S)c2cc1OC.Oc1ccccc1Nc1nc(NCC2CCCO2)c2ccccc2n1. The van der Waals surface area contributed by atoms with E-state index in [1.54, 1.807) is 51.5 Å². The zero-order valence-corrected chi connectivity index (χ0v) is 28.7. The zero-order chi connectivity index (χ0) is 34.8. The minimum Gasteiger partial charge on any atom is -0.506 e. The Bertz CT molecular complexity index is 1940. The molecule has 5 aromatic rings. The minimum absolute atomic E-state index is 0.0737. The summed E-state index contributed by atoms with van der Waals surface area (Å²) in [5, 5.41) is 18.1. The van der Waals surface area contributed by atoms with Gasteiger partial charge < -0.3 is 35.7 Å². The fraction of sp³-hybridized carbons (Fsp3) is 0.250. The number of hydrogen-bond acceptors (Lipinski definition) is 14. The van der Waals surface area contributed by atoms with Crippen LogP contribution < -0.4 is 47.5 Å². The molecule has 0 spiro atoms. The van der Waals surface area contributed by atoms with Gasteiger partial charge in [0.25, 0.3) is 0 Å². The van der Waals surface area contributed by atoms with Crippen LogP contribution in [0, 0.1) is 0 Å². The van der Waals surface area contributed by atoms with Crippen molar-refractivity contribution in [3.8, 4) is 17.2 Å². The molecule has 9 N–H and O–H groups in total. The summed E-state index contributed by atoms with van der Waals surface area (Å²) in [4.78, 5) is 18.4. The second-order valence-corrected chi connectivity index (χ2v) is 11.7. The van der Waals surface area contributed by atoms with Gasteiger partial charge in [-0.3, -0.25) is 21.7 Å². The van der Waals surface area contributed by atoms with Gasteiger partial charge in [0.2, 0.25) is 11.9 Å². The first-order valence-corrected chi connectivity index (χ1v) is 16.0. The molecular formula is C32H37N11O4S2. The predicted molar refractivity (Wildman–Crippen MR) is 200 cm³/mol. The highest BCUT2D eigenvalue weighted by atomic mass is 32.1. The van der Waals surface area contributed by atoms with Crippen molar-refractivity contribution in [2.75, 3.05) is 48.9 Å². The van der Waals surface area contributed by atoms with Crippen LogP contribution in [-0.2, 0) is 4.74 Å². The van der Waals surface area contributed by atoms with Gasteiger partial charge in [0.15, 0.2) is 22.4 Å². The second kappa shape index (κ2) is 16.5. The number of nitrogens with two attached hydrogens (primary N) is 1. The number of phenolic OH excluding ortho intramolecular Hbond substituents is 1. The summed E-state index contributed by atoms with van der Waals surface area (Å²) in [6.07, 6.45) is 2.40. The number of thiocarbonyl (C=S) groups is 2. The highest BCUT2D eigenvalue weighted by Gasteiger charge is 2.17. The Morgan fingerprint density at radius 2 is 1.59 bits per heavy atom. The number of nitrogens with zero attached hydrogens (tertiary/aromatic N) is 4. The topological polar surface area (TPSA) is 198 Å². The van der Waals surface area contributed by atoms with Gasteiger partial charge in [-0.1, -0.05) is 36.5 Å². The second-order valence-electron chi connectivity index (χ2n) is 10.6. The summed E-state index contributed by atoms with van der Waals surface area (Å²) in [5.74, 6) is 3.19. The van der Waals surface area contributed by atoms with Gasteiger partial charge in [-0.05, 0) is 62.3 Å². The van der Waals surface area contributed by atoms with Crippen molar-refractivity contribution in [1.82, 2.24) is 30.8 Å². The van der Waals surface area contributed by atoms with Crippen LogP contribution in [0.1, 0.15) is 19.8 Å². The monoisotopic (exact) mass is 703 g/mol. The molecule has 15 nitrogen and oxygen atoms in total. The van der Waals surface area contributed by atoms with Crippen LogP contribution in [0.5, 0.6) is 17.2 Å². The molecule has 17 heteroatoms. The molecule has 2 aromatic heterocycles. The van der Waals surface area contributed by atoms with E-state index in [1.807, 2.05) is 30.3 Å². The smallest absolute Gasteiger partial charge is 0.244 e. The maximum Gasteiger partial charge on any atom is 0.244 e. The number of aromatic nitrogens is 4. The molecule has 1 aliphatic rings. The number of hydrazine groups is 2. The van der Waals surface area contributed by atoms with Crippen molar-refractivity contribution in [3.05, 3.63) is 60.7 Å². The highest BCUT2D eigenvalue weighted by molar-refractivity contribution is 7.80.